The SMILES string of the molecule is CC(CC(=O)O)C(=O)N1CC2(C[C@H]1C(=O)O)SCCS2. The van der Waals surface area contributed by atoms with Crippen molar-refractivity contribution in [2.75, 3.05) is 18.1 Å². The second-order valence-electron chi connectivity index (χ2n) is 5.13. The number of thioether (sulfide) groups is 2. The van der Waals surface area contributed by atoms with Crippen molar-refractivity contribution in [1.82, 2.24) is 4.90 Å². The molecule has 2 N–H and O–H groups in total. The molecule has 2 heterocycles. The highest BCUT2D eigenvalue weighted by Gasteiger charge is 2.51. The lowest BCUT2D eigenvalue weighted by atomic mass is 10.1. The Balaban J connectivity index is 2.13. The Hall–Kier alpha value is -0.890. The van der Waals surface area contributed by atoms with E-state index in [0.717, 1.165) is 11.5 Å². The average Bonchev–Trinajstić information content (AvgIpc) is 2.96. The molecule has 1 unspecified atom stereocenters. The first-order valence-electron chi connectivity index (χ1n) is 6.38. The van der Waals surface area contributed by atoms with E-state index in [1.54, 1.807) is 23.5 Å². The molecule has 6 nitrogen and oxygen atoms in total. The molecule has 2 aliphatic rings. The number of rotatable bonds is 4. The van der Waals surface area contributed by atoms with Gasteiger partial charge in [-0.15, -0.1) is 23.5 Å². The zero-order valence-corrected chi connectivity index (χ0v) is 12.7. The summed E-state index contributed by atoms with van der Waals surface area (Å²) in [7, 11) is 0. The van der Waals surface area contributed by atoms with Crippen molar-refractivity contribution < 1.29 is 24.6 Å². The third-order valence-electron chi connectivity index (χ3n) is 3.58. The van der Waals surface area contributed by atoms with Gasteiger partial charge in [0, 0.05) is 30.4 Å². The maximum atomic E-state index is 12.3. The van der Waals surface area contributed by atoms with E-state index >= 15 is 0 Å². The molecule has 2 rings (SSSR count). The van der Waals surface area contributed by atoms with Gasteiger partial charge in [-0.2, -0.15) is 0 Å². The third-order valence-corrected chi connectivity index (χ3v) is 7.00. The maximum Gasteiger partial charge on any atom is 0.326 e. The molecule has 0 aliphatic carbocycles. The van der Waals surface area contributed by atoms with Crippen molar-refractivity contribution in [1.29, 1.82) is 0 Å². The summed E-state index contributed by atoms with van der Waals surface area (Å²) in [5.74, 6) is -1.19. The molecule has 8 heteroatoms. The van der Waals surface area contributed by atoms with Crippen LogP contribution in [0.25, 0.3) is 0 Å². The molecule has 1 spiro atoms. The van der Waals surface area contributed by atoms with E-state index in [9.17, 15) is 19.5 Å². The minimum absolute atomic E-state index is 0.221. The number of hydrogen-bond acceptors (Lipinski definition) is 5. The fourth-order valence-corrected chi connectivity index (χ4v) is 5.89. The second kappa shape index (κ2) is 5.85. The molecule has 1 amide bonds. The summed E-state index contributed by atoms with van der Waals surface area (Å²) in [4.78, 5) is 35.8. The van der Waals surface area contributed by atoms with Gasteiger partial charge < -0.3 is 15.1 Å². The van der Waals surface area contributed by atoms with Crippen LogP contribution in [0.1, 0.15) is 19.8 Å². The molecular weight excluding hydrogens is 302 g/mol. The quantitative estimate of drug-likeness (QED) is 0.797. The van der Waals surface area contributed by atoms with E-state index in [1.165, 1.54) is 11.8 Å². The second-order valence-corrected chi connectivity index (χ2v) is 8.35. The Morgan fingerprint density at radius 1 is 1.30 bits per heavy atom. The van der Waals surface area contributed by atoms with Gasteiger partial charge in [0.1, 0.15) is 6.04 Å². The van der Waals surface area contributed by atoms with Crippen molar-refractivity contribution in [3.63, 3.8) is 0 Å². The van der Waals surface area contributed by atoms with Crippen molar-refractivity contribution in [2.24, 2.45) is 5.92 Å². The summed E-state index contributed by atoms with van der Waals surface area (Å²) in [6.07, 6.45) is 0.165. The first kappa shape index (κ1) is 15.5. The molecule has 20 heavy (non-hydrogen) atoms. The molecule has 2 aliphatic heterocycles. The highest BCUT2D eigenvalue weighted by Crippen LogP contribution is 2.52. The first-order valence-corrected chi connectivity index (χ1v) is 8.35. The van der Waals surface area contributed by atoms with E-state index < -0.39 is 23.9 Å². The van der Waals surface area contributed by atoms with Crippen LogP contribution >= 0.6 is 23.5 Å². The summed E-state index contributed by atoms with van der Waals surface area (Å²) in [6.45, 7) is 1.93. The van der Waals surface area contributed by atoms with Crippen LogP contribution in [0.3, 0.4) is 0 Å². The normalized spacial score (nSPS) is 25.9. The molecule has 0 aromatic carbocycles. The van der Waals surface area contributed by atoms with Gasteiger partial charge in [-0.3, -0.25) is 9.59 Å². The van der Waals surface area contributed by atoms with Gasteiger partial charge in [0.2, 0.25) is 5.91 Å². The molecule has 2 saturated heterocycles. The average molecular weight is 319 g/mol. The smallest absolute Gasteiger partial charge is 0.326 e. The molecule has 0 saturated carbocycles. The van der Waals surface area contributed by atoms with Crippen molar-refractivity contribution >= 4 is 41.4 Å². The van der Waals surface area contributed by atoms with Crippen molar-refractivity contribution in [2.45, 2.75) is 29.9 Å². The summed E-state index contributed by atoms with van der Waals surface area (Å²) in [6, 6.07) is -0.836. The van der Waals surface area contributed by atoms with Crippen LogP contribution in [-0.4, -0.2) is 61.1 Å². The van der Waals surface area contributed by atoms with Gasteiger partial charge in [0.25, 0.3) is 0 Å². The fraction of sp³-hybridized carbons (Fsp3) is 0.750. The molecule has 0 aromatic rings. The number of carbonyl (C=O) groups is 3. The van der Waals surface area contributed by atoms with E-state index in [-0.39, 0.29) is 16.4 Å². The van der Waals surface area contributed by atoms with Crippen LogP contribution in [0.2, 0.25) is 0 Å². The summed E-state index contributed by atoms with van der Waals surface area (Å²) >= 11 is 3.42. The molecule has 0 radical (unpaired) electrons. The Labute approximate surface area is 125 Å². The number of carboxylic acid groups (broad SMARTS) is 2. The van der Waals surface area contributed by atoms with E-state index in [4.69, 9.17) is 5.11 Å². The van der Waals surface area contributed by atoms with Crippen LogP contribution in [0.15, 0.2) is 0 Å². The van der Waals surface area contributed by atoms with Crippen LogP contribution < -0.4 is 0 Å². The van der Waals surface area contributed by atoms with Gasteiger partial charge in [0.05, 0.1) is 10.5 Å². The zero-order chi connectivity index (χ0) is 14.9. The summed E-state index contributed by atoms with van der Waals surface area (Å²) in [5, 5.41) is 18.1. The number of carboxylic acids is 2. The summed E-state index contributed by atoms with van der Waals surface area (Å²) in [5.41, 5.74) is 0. The number of amides is 1. The van der Waals surface area contributed by atoms with E-state index in [0.29, 0.717) is 13.0 Å². The van der Waals surface area contributed by atoms with Crippen molar-refractivity contribution in [3.05, 3.63) is 0 Å². The monoisotopic (exact) mass is 319 g/mol. The predicted octanol–water partition coefficient (Wildman–Crippen LogP) is 0.959. The van der Waals surface area contributed by atoms with Crippen molar-refractivity contribution in [3.8, 4) is 0 Å². The molecule has 0 bridgehead atoms. The Bertz CT molecular complexity index is 436. The molecule has 2 fully saturated rings. The van der Waals surface area contributed by atoms with Crippen LogP contribution in [0.5, 0.6) is 0 Å². The topological polar surface area (TPSA) is 94.9 Å². The van der Waals surface area contributed by atoms with Gasteiger partial charge in [-0.25, -0.2) is 4.79 Å². The molecule has 2 atom stereocenters. The van der Waals surface area contributed by atoms with Crippen LogP contribution in [0.4, 0.5) is 0 Å². The number of hydrogen-bond donors (Lipinski definition) is 2. The van der Waals surface area contributed by atoms with E-state index in [2.05, 4.69) is 0 Å². The van der Waals surface area contributed by atoms with Gasteiger partial charge in [0.15, 0.2) is 0 Å². The minimum Gasteiger partial charge on any atom is -0.481 e. The number of aliphatic carboxylic acids is 2. The molecule has 112 valence electrons. The lowest BCUT2D eigenvalue weighted by molar-refractivity contribution is -0.151. The standard InChI is InChI=1S/C12H17NO5S2/c1-7(4-9(14)15)10(16)13-6-12(19-2-3-20-12)5-8(13)11(17)18/h7-8H,2-6H2,1H3,(H,14,15)(H,17,18)/t7?,8-/m0/s1. The predicted molar refractivity (Wildman–Crippen MR) is 76.8 cm³/mol. The lowest BCUT2D eigenvalue weighted by Crippen LogP contribution is -2.43. The fourth-order valence-electron chi connectivity index (χ4n) is 2.63. The Morgan fingerprint density at radius 2 is 1.90 bits per heavy atom. The number of carbonyl (C=O) groups excluding carboxylic acids is 1. The Kier molecular flexibility index (Phi) is 4.53. The molecular formula is C12H17NO5S2. The number of nitrogens with zero attached hydrogens (tertiary/aromatic N) is 1. The highest BCUT2D eigenvalue weighted by molar-refractivity contribution is 8.21. The zero-order valence-electron chi connectivity index (χ0n) is 11.1. The van der Waals surface area contributed by atoms with Gasteiger partial charge in [-0.1, -0.05) is 6.92 Å². The van der Waals surface area contributed by atoms with E-state index in [1.807, 2.05) is 0 Å². The van der Waals surface area contributed by atoms with Crippen LogP contribution in [0, 0.1) is 5.92 Å². The van der Waals surface area contributed by atoms with Crippen LogP contribution in [-0.2, 0) is 14.4 Å². The maximum absolute atomic E-state index is 12.3. The van der Waals surface area contributed by atoms with Gasteiger partial charge in [-0.05, 0) is 0 Å². The summed E-state index contributed by atoms with van der Waals surface area (Å²) < 4.78 is -0.221. The number of likely N-dealkylation sites (tertiary alicyclic amines) is 1. The largest absolute Gasteiger partial charge is 0.481 e. The lowest BCUT2D eigenvalue weighted by Gasteiger charge is -2.25. The molecule has 0 aromatic heterocycles. The van der Waals surface area contributed by atoms with Gasteiger partial charge >= 0.3 is 11.9 Å². The Morgan fingerprint density at radius 3 is 2.40 bits per heavy atom. The minimum atomic E-state index is -1.05. The third kappa shape index (κ3) is 3.06. The highest BCUT2D eigenvalue weighted by atomic mass is 32.2. The first-order chi connectivity index (χ1) is 9.34.